The third kappa shape index (κ3) is 5.16. The Bertz CT molecular complexity index is 1570. The van der Waals surface area contributed by atoms with E-state index in [1.807, 2.05) is 42.0 Å². The van der Waals surface area contributed by atoms with Gasteiger partial charge in [-0.3, -0.25) is 9.78 Å². The van der Waals surface area contributed by atoms with Gasteiger partial charge in [-0.1, -0.05) is 6.07 Å². The molecule has 1 fully saturated rings. The van der Waals surface area contributed by atoms with E-state index >= 15 is 0 Å². The minimum atomic E-state index is -0.651. The van der Waals surface area contributed by atoms with Crippen molar-refractivity contribution in [2.24, 2.45) is 0 Å². The van der Waals surface area contributed by atoms with Gasteiger partial charge in [-0.2, -0.15) is 0 Å². The van der Waals surface area contributed by atoms with Crippen molar-refractivity contribution in [3.63, 3.8) is 0 Å². The molecule has 0 radical (unpaired) electrons. The number of pyridine rings is 3. The number of hydrogen-bond donors (Lipinski definition) is 0. The number of fused-ring (bicyclic) bond motifs is 1. The van der Waals surface area contributed by atoms with Crippen molar-refractivity contribution in [1.29, 1.82) is 0 Å². The van der Waals surface area contributed by atoms with Crippen LogP contribution in [0.2, 0.25) is 0 Å². The Morgan fingerprint density at radius 3 is 2.72 bits per heavy atom. The van der Waals surface area contributed by atoms with E-state index in [0.717, 1.165) is 36.5 Å². The van der Waals surface area contributed by atoms with Crippen molar-refractivity contribution in [1.82, 2.24) is 14.5 Å². The lowest BCUT2D eigenvalue weighted by molar-refractivity contribution is 0.0524. The second-order valence-corrected chi connectivity index (χ2v) is 9.61. The fourth-order valence-electron chi connectivity index (χ4n) is 5.20. The van der Waals surface area contributed by atoms with Crippen LogP contribution in [0.25, 0.3) is 11.0 Å². The van der Waals surface area contributed by atoms with Crippen LogP contribution >= 0.6 is 0 Å². The van der Waals surface area contributed by atoms with Gasteiger partial charge < -0.3 is 23.7 Å². The van der Waals surface area contributed by atoms with Gasteiger partial charge in [0.2, 0.25) is 5.43 Å². The van der Waals surface area contributed by atoms with Gasteiger partial charge >= 0.3 is 5.97 Å². The summed E-state index contributed by atoms with van der Waals surface area (Å²) < 4.78 is 18.0. The van der Waals surface area contributed by atoms with Crippen LogP contribution in [0, 0.1) is 6.92 Å². The second kappa shape index (κ2) is 11.1. The molecule has 9 nitrogen and oxygen atoms in total. The molecule has 1 saturated heterocycles. The van der Waals surface area contributed by atoms with E-state index in [-0.39, 0.29) is 17.6 Å². The number of esters is 1. The van der Waals surface area contributed by atoms with Gasteiger partial charge in [0.25, 0.3) is 0 Å². The minimum Gasteiger partial charge on any atom is -0.497 e. The molecule has 1 aliphatic rings. The largest absolute Gasteiger partial charge is 0.497 e. The molecule has 4 heterocycles. The number of rotatable bonds is 8. The summed E-state index contributed by atoms with van der Waals surface area (Å²) in [6, 6.07) is 11.6. The first-order chi connectivity index (χ1) is 18.9. The number of aryl methyl sites for hydroxylation is 1. The molecule has 202 valence electrons. The molecule has 3 aromatic heterocycles. The minimum absolute atomic E-state index is 0.0210. The molecule has 0 amide bonds. The number of aromatic nitrogens is 3. The first-order valence-electron chi connectivity index (χ1n) is 13.0. The van der Waals surface area contributed by atoms with E-state index < -0.39 is 5.97 Å². The highest BCUT2D eigenvalue weighted by Gasteiger charge is 2.27. The van der Waals surface area contributed by atoms with Crippen molar-refractivity contribution in [3.05, 3.63) is 87.5 Å². The van der Waals surface area contributed by atoms with Crippen LogP contribution in [0.5, 0.6) is 11.5 Å². The summed E-state index contributed by atoms with van der Waals surface area (Å²) in [7, 11) is 3.19. The average molecular weight is 529 g/mol. The lowest BCUT2D eigenvalue weighted by Gasteiger charge is -2.21. The molecule has 0 aliphatic carbocycles. The molecule has 0 saturated carbocycles. The molecule has 39 heavy (non-hydrogen) atoms. The summed E-state index contributed by atoms with van der Waals surface area (Å²) >= 11 is 0. The summed E-state index contributed by atoms with van der Waals surface area (Å²) in [5, 5.41) is 0.403. The van der Waals surface area contributed by atoms with Crippen LogP contribution < -0.4 is 19.8 Å². The van der Waals surface area contributed by atoms with Gasteiger partial charge in [0.15, 0.2) is 0 Å². The molecule has 0 bridgehead atoms. The quantitative estimate of drug-likeness (QED) is 0.312. The number of hydrogen-bond acceptors (Lipinski definition) is 8. The standard InChI is InChI=1S/C30H32N4O5/c1-5-39-30(36)24-18-34(17-22-8-9-23(37-3)14-25(22)38-4)29-27(28(24)35)19(2)13-26(32-29)33-12-10-21(16-33)20-7-6-11-31-15-20/h6-9,11,13-15,18,21H,5,10,12,16-17H2,1-4H3. The zero-order valence-corrected chi connectivity index (χ0v) is 22.6. The zero-order valence-electron chi connectivity index (χ0n) is 22.6. The van der Waals surface area contributed by atoms with E-state index in [1.54, 1.807) is 39.6 Å². The fourth-order valence-corrected chi connectivity index (χ4v) is 5.20. The maximum Gasteiger partial charge on any atom is 0.343 e. The van der Waals surface area contributed by atoms with Crippen LogP contribution in [0.15, 0.2) is 59.8 Å². The van der Waals surface area contributed by atoms with Crippen molar-refractivity contribution in [2.45, 2.75) is 32.7 Å². The van der Waals surface area contributed by atoms with E-state index in [4.69, 9.17) is 19.2 Å². The summed E-state index contributed by atoms with van der Waals surface area (Å²) in [5.41, 5.74) is 2.91. The molecule has 4 aromatic rings. The summed E-state index contributed by atoms with van der Waals surface area (Å²) in [6.45, 7) is 5.75. The Labute approximate surface area is 227 Å². The second-order valence-electron chi connectivity index (χ2n) is 9.61. The molecular formula is C30H32N4O5. The molecule has 5 rings (SSSR count). The fraction of sp³-hybridized carbons (Fsp3) is 0.333. The molecule has 0 N–H and O–H groups in total. The Morgan fingerprint density at radius 2 is 2.00 bits per heavy atom. The first-order valence-corrected chi connectivity index (χ1v) is 13.0. The lowest BCUT2D eigenvalue weighted by atomic mass is 10.0. The van der Waals surface area contributed by atoms with E-state index in [9.17, 15) is 9.59 Å². The van der Waals surface area contributed by atoms with E-state index in [2.05, 4.69) is 16.0 Å². The first kappa shape index (κ1) is 26.2. The van der Waals surface area contributed by atoms with Gasteiger partial charge in [0.1, 0.15) is 28.5 Å². The highest BCUT2D eigenvalue weighted by molar-refractivity contribution is 5.94. The predicted octanol–water partition coefficient (Wildman–Crippen LogP) is 4.34. The van der Waals surface area contributed by atoms with Crippen LogP contribution in [0.4, 0.5) is 5.82 Å². The topological polar surface area (TPSA) is 95.8 Å². The highest BCUT2D eigenvalue weighted by Crippen LogP contribution is 2.32. The Hall–Kier alpha value is -4.40. The van der Waals surface area contributed by atoms with Crippen LogP contribution in [0.1, 0.15) is 46.3 Å². The van der Waals surface area contributed by atoms with Gasteiger partial charge in [0.05, 0.1) is 32.8 Å². The molecular weight excluding hydrogens is 496 g/mol. The molecule has 0 spiro atoms. The highest BCUT2D eigenvalue weighted by atomic mass is 16.5. The Morgan fingerprint density at radius 1 is 1.15 bits per heavy atom. The Kier molecular flexibility index (Phi) is 7.49. The summed E-state index contributed by atoms with van der Waals surface area (Å²) in [6.07, 6.45) is 6.24. The van der Waals surface area contributed by atoms with E-state index in [1.165, 1.54) is 5.56 Å². The smallest absolute Gasteiger partial charge is 0.343 e. The van der Waals surface area contributed by atoms with Gasteiger partial charge in [-0.05, 0) is 55.7 Å². The number of carbonyl (C=O) groups excluding carboxylic acids is 1. The number of carbonyl (C=O) groups is 1. The molecule has 1 aromatic carbocycles. The number of ether oxygens (including phenoxy) is 3. The molecule has 1 unspecified atom stereocenters. The van der Waals surface area contributed by atoms with Crippen molar-refractivity contribution < 1.29 is 19.0 Å². The van der Waals surface area contributed by atoms with Crippen molar-refractivity contribution >= 4 is 22.8 Å². The summed E-state index contributed by atoms with van der Waals surface area (Å²) in [5.74, 6) is 1.80. The number of nitrogens with zero attached hydrogens (tertiary/aromatic N) is 4. The molecule has 1 atom stereocenters. The van der Waals surface area contributed by atoms with Gasteiger partial charge in [-0.25, -0.2) is 9.78 Å². The van der Waals surface area contributed by atoms with Crippen LogP contribution in [0.3, 0.4) is 0 Å². The van der Waals surface area contributed by atoms with Crippen LogP contribution in [-0.4, -0.2) is 54.4 Å². The van der Waals surface area contributed by atoms with Crippen LogP contribution in [-0.2, 0) is 11.3 Å². The zero-order chi connectivity index (χ0) is 27.5. The number of benzene rings is 1. The van der Waals surface area contributed by atoms with Crippen molar-refractivity contribution in [2.75, 3.05) is 38.8 Å². The third-order valence-corrected chi connectivity index (χ3v) is 7.21. The van der Waals surface area contributed by atoms with E-state index in [0.29, 0.717) is 35.0 Å². The van der Waals surface area contributed by atoms with Gasteiger partial charge in [-0.15, -0.1) is 0 Å². The average Bonchev–Trinajstić information content (AvgIpc) is 3.45. The molecule has 1 aliphatic heterocycles. The SMILES string of the molecule is CCOC(=O)c1cn(Cc2ccc(OC)cc2OC)c2nc(N3CCC(c4cccnc4)C3)cc(C)c2c1=O. The normalized spacial score (nSPS) is 15.0. The van der Waals surface area contributed by atoms with Gasteiger partial charge in [0, 0.05) is 49.2 Å². The monoisotopic (exact) mass is 528 g/mol. The molecule has 9 heteroatoms. The summed E-state index contributed by atoms with van der Waals surface area (Å²) in [4.78, 5) is 37.8. The number of anilines is 1. The lowest BCUT2D eigenvalue weighted by Crippen LogP contribution is -2.25. The van der Waals surface area contributed by atoms with Crippen molar-refractivity contribution in [3.8, 4) is 11.5 Å². The maximum atomic E-state index is 13.5. The Balaban J connectivity index is 1.61. The predicted molar refractivity (Wildman–Crippen MR) is 149 cm³/mol. The third-order valence-electron chi connectivity index (χ3n) is 7.21. The maximum absolute atomic E-state index is 13.5. The number of methoxy groups -OCH3 is 2.